The van der Waals surface area contributed by atoms with Crippen molar-refractivity contribution < 1.29 is 9.94 Å². The second kappa shape index (κ2) is 6.04. The Hall–Kier alpha value is -0.900. The minimum absolute atomic E-state index is 0.140. The summed E-state index contributed by atoms with van der Waals surface area (Å²) in [4.78, 5) is 0. The molecule has 0 aromatic heterocycles. The summed E-state index contributed by atoms with van der Waals surface area (Å²) in [5, 5.41) is 11.7. The van der Waals surface area contributed by atoms with Crippen LogP contribution in [0.5, 0.6) is 0 Å². The molecule has 1 N–H and O–H groups in total. The number of hydroxylamine groups is 2. The molecule has 1 fully saturated rings. The molecule has 19 heavy (non-hydrogen) atoms. The van der Waals surface area contributed by atoms with Crippen LogP contribution >= 0.6 is 0 Å². The molecule has 0 radical (unpaired) electrons. The SMILES string of the molecule is C=C/C=C(\C=C)COC1CC(C)(C)N(O)C(C)(C)C1. The van der Waals surface area contributed by atoms with Crippen molar-refractivity contribution in [3.63, 3.8) is 0 Å². The second-order valence-electron chi connectivity index (χ2n) is 6.46. The van der Waals surface area contributed by atoms with Gasteiger partial charge in [-0.1, -0.05) is 31.4 Å². The van der Waals surface area contributed by atoms with E-state index in [0.717, 1.165) is 18.4 Å². The van der Waals surface area contributed by atoms with Gasteiger partial charge in [0, 0.05) is 11.1 Å². The van der Waals surface area contributed by atoms with E-state index < -0.39 is 0 Å². The molecule has 0 aromatic carbocycles. The molecule has 1 aliphatic rings. The summed E-state index contributed by atoms with van der Waals surface area (Å²) >= 11 is 0. The highest BCUT2D eigenvalue weighted by Gasteiger charge is 2.45. The van der Waals surface area contributed by atoms with E-state index >= 15 is 0 Å². The lowest BCUT2D eigenvalue weighted by atomic mass is 9.80. The van der Waals surface area contributed by atoms with Gasteiger partial charge in [-0.05, 0) is 46.1 Å². The van der Waals surface area contributed by atoms with Crippen LogP contribution in [0.25, 0.3) is 0 Å². The van der Waals surface area contributed by atoms with Gasteiger partial charge in [-0.3, -0.25) is 0 Å². The van der Waals surface area contributed by atoms with E-state index in [2.05, 4.69) is 13.2 Å². The maximum Gasteiger partial charge on any atom is 0.0720 e. The molecule has 3 nitrogen and oxygen atoms in total. The number of hydrogen-bond donors (Lipinski definition) is 1. The summed E-state index contributed by atoms with van der Waals surface area (Å²) in [6, 6.07) is 0. The van der Waals surface area contributed by atoms with Crippen LogP contribution in [0.15, 0.2) is 37.0 Å². The molecule has 0 amide bonds. The molecule has 0 saturated carbocycles. The van der Waals surface area contributed by atoms with Gasteiger partial charge < -0.3 is 9.94 Å². The third-order valence-corrected chi connectivity index (χ3v) is 3.68. The smallest absolute Gasteiger partial charge is 0.0720 e. The zero-order valence-electron chi connectivity index (χ0n) is 12.6. The molecule has 1 heterocycles. The number of ether oxygens (including phenoxy) is 1. The summed E-state index contributed by atoms with van der Waals surface area (Å²) < 4.78 is 5.98. The van der Waals surface area contributed by atoms with Crippen molar-refractivity contribution in [3.8, 4) is 0 Å². The number of nitrogens with zero attached hydrogens (tertiary/aromatic N) is 1. The van der Waals surface area contributed by atoms with E-state index in [0.29, 0.717) is 6.61 Å². The molecular weight excluding hydrogens is 238 g/mol. The quantitative estimate of drug-likeness (QED) is 0.769. The maximum atomic E-state index is 10.2. The third kappa shape index (κ3) is 4.03. The van der Waals surface area contributed by atoms with Gasteiger partial charge in [-0.15, -0.1) is 0 Å². The maximum absolute atomic E-state index is 10.2. The van der Waals surface area contributed by atoms with Crippen LogP contribution < -0.4 is 0 Å². The molecule has 1 saturated heterocycles. The first-order valence-corrected chi connectivity index (χ1v) is 6.78. The van der Waals surface area contributed by atoms with Gasteiger partial charge in [0.15, 0.2) is 0 Å². The van der Waals surface area contributed by atoms with E-state index in [9.17, 15) is 5.21 Å². The third-order valence-electron chi connectivity index (χ3n) is 3.68. The Morgan fingerprint density at radius 3 is 2.21 bits per heavy atom. The minimum atomic E-state index is -0.275. The number of piperidine rings is 1. The summed E-state index contributed by atoms with van der Waals surface area (Å²) in [6.45, 7) is 16.1. The van der Waals surface area contributed by atoms with Crippen molar-refractivity contribution in [2.24, 2.45) is 0 Å². The molecule has 0 bridgehead atoms. The lowest BCUT2D eigenvalue weighted by molar-refractivity contribution is -0.260. The predicted molar refractivity (Wildman–Crippen MR) is 79.2 cm³/mol. The Bertz CT molecular complexity index is 351. The first-order valence-electron chi connectivity index (χ1n) is 6.78. The van der Waals surface area contributed by atoms with Gasteiger partial charge in [-0.25, -0.2) is 0 Å². The Labute approximate surface area is 117 Å². The summed E-state index contributed by atoms with van der Waals surface area (Å²) in [7, 11) is 0. The van der Waals surface area contributed by atoms with Crippen LogP contribution in [0.3, 0.4) is 0 Å². The van der Waals surface area contributed by atoms with Gasteiger partial charge >= 0.3 is 0 Å². The van der Waals surface area contributed by atoms with E-state index in [1.807, 2.05) is 33.8 Å². The monoisotopic (exact) mass is 265 g/mol. The fraction of sp³-hybridized carbons (Fsp3) is 0.625. The highest BCUT2D eigenvalue weighted by atomic mass is 16.5. The second-order valence-corrected chi connectivity index (χ2v) is 6.46. The standard InChI is InChI=1S/C16H27NO2/c1-7-9-13(8-2)12-19-14-10-15(3,4)17(18)16(5,6)11-14/h7-9,14,18H,1-2,10-12H2,3-6H3/b13-9+. The molecule has 0 unspecified atom stereocenters. The summed E-state index contributed by atoms with van der Waals surface area (Å²) in [5.41, 5.74) is 0.475. The van der Waals surface area contributed by atoms with Crippen molar-refractivity contribution in [1.82, 2.24) is 5.06 Å². The summed E-state index contributed by atoms with van der Waals surface area (Å²) in [6.07, 6.45) is 7.20. The van der Waals surface area contributed by atoms with E-state index in [-0.39, 0.29) is 17.2 Å². The van der Waals surface area contributed by atoms with Gasteiger partial charge in [-0.2, -0.15) is 5.06 Å². The topological polar surface area (TPSA) is 32.7 Å². The number of allylic oxidation sites excluding steroid dienone is 2. The lowest BCUT2D eigenvalue weighted by Gasteiger charge is -2.51. The van der Waals surface area contributed by atoms with Crippen molar-refractivity contribution in [2.75, 3.05) is 6.61 Å². The average Bonchev–Trinajstić information content (AvgIpc) is 2.30. The molecule has 0 atom stereocenters. The van der Waals surface area contributed by atoms with Crippen LogP contribution in [-0.4, -0.2) is 34.1 Å². The highest BCUT2D eigenvalue weighted by molar-refractivity contribution is 5.21. The first-order chi connectivity index (χ1) is 8.73. The van der Waals surface area contributed by atoms with Crippen LogP contribution in [0, 0.1) is 0 Å². The van der Waals surface area contributed by atoms with Gasteiger partial charge in [0.1, 0.15) is 0 Å². The van der Waals surface area contributed by atoms with Crippen LogP contribution in [0.4, 0.5) is 0 Å². The lowest BCUT2D eigenvalue weighted by Crippen LogP contribution is -2.60. The fourth-order valence-corrected chi connectivity index (χ4v) is 2.84. The fourth-order valence-electron chi connectivity index (χ4n) is 2.84. The molecule has 1 rings (SSSR count). The minimum Gasteiger partial charge on any atom is -0.373 e. The molecule has 0 spiro atoms. The Morgan fingerprint density at radius 2 is 1.79 bits per heavy atom. The number of hydrogen-bond acceptors (Lipinski definition) is 3. The van der Waals surface area contributed by atoms with Crippen molar-refractivity contribution in [1.29, 1.82) is 0 Å². The van der Waals surface area contributed by atoms with Crippen molar-refractivity contribution in [2.45, 2.75) is 57.7 Å². The molecule has 108 valence electrons. The van der Waals surface area contributed by atoms with Crippen molar-refractivity contribution in [3.05, 3.63) is 37.0 Å². The Morgan fingerprint density at radius 1 is 1.26 bits per heavy atom. The number of rotatable bonds is 5. The first kappa shape index (κ1) is 16.2. The Kier molecular flexibility index (Phi) is 5.13. The van der Waals surface area contributed by atoms with Crippen LogP contribution in [0.1, 0.15) is 40.5 Å². The Balaban J connectivity index is 2.68. The van der Waals surface area contributed by atoms with E-state index in [1.165, 1.54) is 5.06 Å². The zero-order valence-corrected chi connectivity index (χ0v) is 12.6. The molecule has 1 aliphatic heterocycles. The molecule has 0 aliphatic carbocycles. The van der Waals surface area contributed by atoms with Gasteiger partial charge in [0.25, 0.3) is 0 Å². The van der Waals surface area contributed by atoms with Crippen molar-refractivity contribution >= 4 is 0 Å². The zero-order chi connectivity index (χ0) is 14.7. The predicted octanol–water partition coefficient (Wildman–Crippen LogP) is 3.71. The average molecular weight is 265 g/mol. The van der Waals surface area contributed by atoms with E-state index in [4.69, 9.17) is 4.74 Å². The van der Waals surface area contributed by atoms with Gasteiger partial charge in [0.05, 0.1) is 12.7 Å². The van der Waals surface area contributed by atoms with Crippen LogP contribution in [-0.2, 0) is 4.74 Å². The molecular formula is C16H27NO2. The molecule has 0 aromatic rings. The normalized spacial score (nSPS) is 24.2. The molecule has 3 heteroatoms. The highest BCUT2D eigenvalue weighted by Crippen LogP contribution is 2.37. The van der Waals surface area contributed by atoms with E-state index in [1.54, 1.807) is 12.2 Å². The van der Waals surface area contributed by atoms with Gasteiger partial charge in [0.2, 0.25) is 0 Å². The largest absolute Gasteiger partial charge is 0.373 e. The van der Waals surface area contributed by atoms with Crippen LogP contribution in [0.2, 0.25) is 0 Å². The summed E-state index contributed by atoms with van der Waals surface area (Å²) in [5.74, 6) is 0.